The smallest absolute Gasteiger partial charge is 0.250 e. The molecule has 0 aliphatic heterocycles. The first-order valence-electron chi connectivity index (χ1n) is 3.06. The van der Waals surface area contributed by atoms with Gasteiger partial charge in [-0.1, -0.05) is 0 Å². The number of rotatable bonds is 4. The lowest BCUT2D eigenvalue weighted by atomic mass is 10.7. The van der Waals surface area contributed by atoms with E-state index in [9.17, 15) is 34.8 Å². The van der Waals surface area contributed by atoms with Gasteiger partial charge in [-0.15, -0.1) is 0 Å². The van der Waals surface area contributed by atoms with Crippen LogP contribution in [0.2, 0.25) is 0 Å². The lowest BCUT2D eigenvalue weighted by Gasteiger charge is -2.19. The molecule has 0 fully saturated rings. The summed E-state index contributed by atoms with van der Waals surface area (Å²) in [5.74, 6) is 0. The lowest BCUT2D eigenvalue weighted by Crippen LogP contribution is -2.50. The van der Waals surface area contributed by atoms with Crippen molar-refractivity contribution in [2.45, 2.75) is 11.4 Å². The maximum atomic E-state index is 12.1. The van der Waals surface area contributed by atoms with E-state index in [1.54, 1.807) is 0 Å². The number of halogens is 6. The fraction of sp³-hybridized carbons (Fsp3) is 1.00. The summed E-state index contributed by atoms with van der Waals surface area (Å²) in [5.41, 5.74) is 0. The SMILES string of the molecule is O=S(=O)(NCCF)C(F)(F)C(F)(F)F. The van der Waals surface area contributed by atoms with E-state index in [1.165, 1.54) is 0 Å². The normalized spacial score (nSPS) is 14.4. The molecule has 0 aliphatic carbocycles. The second-order valence-electron chi connectivity index (χ2n) is 2.10. The minimum absolute atomic E-state index is 0.783. The average molecular weight is 245 g/mol. The highest BCUT2D eigenvalue weighted by molar-refractivity contribution is 7.90. The Kier molecular flexibility index (Phi) is 3.78. The van der Waals surface area contributed by atoms with Gasteiger partial charge in [-0.2, -0.15) is 22.0 Å². The van der Waals surface area contributed by atoms with E-state index in [-0.39, 0.29) is 0 Å². The highest BCUT2D eigenvalue weighted by atomic mass is 32.2. The highest BCUT2D eigenvalue weighted by Gasteiger charge is 2.67. The van der Waals surface area contributed by atoms with Crippen molar-refractivity contribution in [1.82, 2.24) is 4.72 Å². The van der Waals surface area contributed by atoms with Crippen molar-refractivity contribution >= 4 is 10.0 Å². The Morgan fingerprint density at radius 1 is 1.07 bits per heavy atom. The third-order valence-corrected chi connectivity index (χ3v) is 2.54. The fourth-order valence-electron chi connectivity index (χ4n) is 0.416. The molecule has 10 heteroatoms. The molecule has 0 rings (SSSR count). The molecular formula is C4H5F6NO2S. The van der Waals surface area contributed by atoms with Gasteiger partial charge in [0.2, 0.25) is 0 Å². The Morgan fingerprint density at radius 2 is 1.50 bits per heavy atom. The molecule has 0 aliphatic rings. The molecular weight excluding hydrogens is 240 g/mol. The molecule has 86 valence electrons. The maximum Gasteiger partial charge on any atom is 0.470 e. The van der Waals surface area contributed by atoms with Gasteiger partial charge in [-0.25, -0.2) is 17.5 Å². The van der Waals surface area contributed by atoms with Gasteiger partial charge in [-0.3, -0.25) is 0 Å². The van der Waals surface area contributed by atoms with Crippen LogP contribution in [0.3, 0.4) is 0 Å². The van der Waals surface area contributed by atoms with Crippen LogP contribution >= 0.6 is 0 Å². The van der Waals surface area contributed by atoms with E-state index in [0.717, 1.165) is 4.72 Å². The maximum absolute atomic E-state index is 12.1. The second kappa shape index (κ2) is 3.93. The number of hydrogen-bond acceptors (Lipinski definition) is 2. The summed E-state index contributed by atoms with van der Waals surface area (Å²) >= 11 is 0. The minimum atomic E-state index is -6.23. The highest BCUT2D eigenvalue weighted by Crippen LogP contribution is 2.39. The Bertz CT molecular complexity index is 283. The summed E-state index contributed by atoms with van der Waals surface area (Å²) in [7, 11) is -5.93. The van der Waals surface area contributed by atoms with E-state index in [2.05, 4.69) is 0 Å². The van der Waals surface area contributed by atoms with Crippen molar-refractivity contribution < 1.29 is 34.8 Å². The average Bonchev–Trinajstić information content (AvgIpc) is 1.98. The van der Waals surface area contributed by atoms with Gasteiger partial charge in [0.05, 0.1) is 0 Å². The van der Waals surface area contributed by atoms with Gasteiger partial charge in [0.15, 0.2) is 0 Å². The number of hydrogen-bond donors (Lipinski definition) is 1. The topological polar surface area (TPSA) is 46.2 Å². The zero-order valence-corrected chi connectivity index (χ0v) is 7.22. The van der Waals surface area contributed by atoms with Crippen LogP contribution < -0.4 is 4.72 Å². The lowest BCUT2D eigenvalue weighted by molar-refractivity contribution is -0.241. The van der Waals surface area contributed by atoms with Gasteiger partial charge in [-0.05, 0) is 0 Å². The van der Waals surface area contributed by atoms with Crippen molar-refractivity contribution in [3.05, 3.63) is 0 Å². The number of sulfonamides is 1. The zero-order chi connectivity index (χ0) is 11.6. The van der Waals surface area contributed by atoms with E-state index in [4.69, 9.17) is 0 Å². The van der Waals surface area contributed by atoms with Crippen LogP contribution in [0.15, 0.2) is 0 Å². The van der Waals surface area contributed by atoms with E-state index in [0.29, 0.717) is 0 Å². The molecule has 1 N–H and O–H groups in total. The third kappa shape index (κ3) is 2.50. The summed E-state index contributed by atoms with van der Waals surface area (Å²) in [5, 5.41) is -5.92. The molecule has 0 saturated heterocycles. The van der Waals surface area contributed by atoms with Crippen molar-refractivity contribution in [2.24, 2.45) is 0 Å². The largest absolute Gasteiger partial charge is 0.470 e. The quantitative estimate of drug-likeness (QED) is 0.752. The van der Waals surface area contributed by atoms with Gasteiger partial charge < -0.3 is 0 Å². The third-order valence-electron chi connectivity index (χ3n) is 1.05. The minimum Gasteiger partial charge on any atom is -0.250 e. The summed E-state index contributed by atoms with van der Waals surface area (Å²) in [6, 6.07) is 0. The molecule has 0 radical (unpaired) electrons. The van der Waals surface area contributed by atoms with Crippen molar-refractivity contribution in [1.29, 1.82) is 0 Å². The van der Waals surface area contributed by atoms with Crippen LogP contribution in [-0.2, 0) is 10.0 Å². The number of alkyl halides is 6. The van der Waals surface area contributed by atoms with Crippen LogP contribution in [0.5, 0.6) is 0 Å². The van der Waals surface area contributed by atoms with Crippen LogP contribution in [0, 0.1) is 0 Å². The molecule has 0 heterocycles. The van der Waals surface area contributed by atoms with Crippen molar-refractivity contribution in [2.75, 3.05) is 13.2 Å². The van der Waals surface area contributed by atoms with Gasteiger partial charge >= 0.3 is 11.4 Å². The Labute approximate surface area is 75.1 Å². The molecule has 0 aromatic carbocycles. The van der Waals surface area contributed by atoms with Crippen molar-refractivity contribution in [3.8, 4) is 0 Å². The molecule has 0 aromatic rings. The summed E-state index contributed by atoms with van der Waals surface area (Å²) in [6.07, 6.45) is -6.23. The molecule has 14 heavy (non-hydrogen) atoms. The first kappa shape index (κ1) is 13.5. The fourth-order valence-corrected chi connectivity index (χ4v) is 1.25. The van der Waals surface area contributed by atoms with Crippen LogP contribution in [0.4, 0.5) is 26.3 Å². The first-order chi connectivity index (χ1) is 6.06. The van der Waals surface area contributed by atoms with Crippen molar-refractivity contribution in [3.63, 3.8) is 0 Å². The second-order valence-corrected chi connectivity index (χ2v) is 3.91. The first-order valence-corrected chi connectivity index (χ1v) is 4.54. The Hall–Kier alpha value is -0.510. The van der Waals surface area contributed by atoms with E-state index in [1.807, 2.05) is 0 Å². The Balaban J connectivity index is 4.90. The Morgan fingerprint density at radius 3 is 1.79 bits per heavy atom. The predicted molar refractivity (Wildman–Crippen MR) is 33.9 cm³/mol. The molecule has 0 amide bonds. The standard InChI is InChI=1S/C4H5F6NO2S/c5-1-2-11-14(12,13)4(9,10)3(6,7)8/h11H,1-2H2. The molecule has 3 nitrogen and oxygen atoms in total. The monoisotopic (exact) mass is 245 g/mol. The zero-order valence-electron chi connectivity index (χ0n) is 6.41. The predicted octanol–water partition coefficient (Wildman–Crippen LogP) is 1.03. The molecule has 0 spiro atoms. The van der Waals surface area contributed by atoms with Crippen LogP contribution in [0.25, 0.3) is 0 Å². The molecule has 0 atom stereocenters. The molecule has 0 saturated carbocycles. The van der Waals surface area contributed by atoms with Gasteiger partial charge in [0.1, 0.15) is 6.67 Å². The van der Waals surface area contributed by atoms with E-state index >= 15 is 0 Å². The molecule has 0 aromatic heterocycles. The molecule has 0 bridgehead atoms. The number of nitrogens with one attached hydrogen (secondary N) is 1. The molecule has 0 unspecified atom stereocenters. The summed E-state index contributed by atoms with van der Waals surface area (Å²) in [6.45, 7) is -2.51. The summed E-state index contributed by atoms with van der Waals surface area (Å²) in [4.78, 5) is 0. The van der Waals surface area contributed by atoms with Crippen LogP contribution in [-0.4, -0.2) is 33.1 Å². The summed E-state index contributed by atoms with van der Waals surface area (Å²) < 4.78 is 91.5. The van der Waals surface area contributed by atoms with Crippen LogP contribution in [0.1, 0.15) is 0 Å². The van der Waals surface area contributed by atoms with Gasteiger partial charge in [0.25, 0.3) is 10.0 Å². The van der Waals surface area contributed by atoms with E-state index < -0.39 is 34.7 Å². The van der Waals surface area contributed by atoms with Gasteiger partial charge in [0, 0.05) is 6.54 Å².